The number of carbonyl (C=O) groups excluding carboxylic acids is 1. The molecule has 0 aliphatic carbocycles. The van der Waals surface area contributed by atoms with Crippen LogP contribution in [0.3, 0.4) is 0 Å². The Morgan fingerprint density at radius 3 is 2.55 bits per heavy atom. The summed E-state index contributed by atoms with van der Waals surface area (Å²) in [6, 6.07) is 2.51. The highest BCUT2D eigenvalue weighted by atomic mass is 32.3. The van der Waals surface area contributed by atoms with E-state index in [1.165, 1.54) is 19.2 Å². The van der Waals surface area contributed by atoms with Crippen molar-refractivity contribution in [2.24, 2.45) is 0 Å². The zero-order chi connectivity index (χ0) is 16.5. The summed E-state index contributed by atoms with van der Waals surface area (Å²) >= 11 is 0. The van der Waals surface area contributed by atoms with Crippen molar-refractivity contribution in [3.05, 3.63) is 23.5 Å². The first kappa shape index (κ1) is 16.1. The number of benzene rings is 1. The van der Waals surface area contributed by atoms with E-state index in [2.05, 4.69) is 4.18 Å². The minimum absolute atomic E-state index is 0.0175. The number of furan rings is 1. The molecule has 2 aromatic rings. The maximum atomic E-state index is 12.0. The second-order valence-electron chi connectivity index (χ2n) is 4.24. The summed E-state index contributed by atoms with van der Waals surface area (Å²) in [5, 5.41) is 0.260. The van der Waals surface area contributed by atoms with Gasteiger partial charge in [-0.25, -0.2) is 13.2 Å². The van der Waals surface area contributed by atoms with Crippen LogP contribution in [-0.4, -0.2) is 32.7 Å². The average Bonchev–Trinajstić information content (AvgIpc) is 2.71. The molecule has 22 heavy (non-hydrogen) atoms. The summed E-state index contributed by atoms with van der Waals surface area (Å²) in [4.78, 5) is 12.0. The number of methoxy groups -OCH3 is 1. The molecular weight excluding hydrogens is 316 g/mol. The van der Waals surface area contributed by atoms with Gasteiger partial charge in [-0.15, -0.1) is 0 Å². The molecule has 0 N–H and O–H groups in total. The molecule has 0 saturated carbocycles. The molecule has 9 heteroatoms. The van der Waals surface area contributed by atoms with Crippen molar-refractivity contribution in [2.45, 2.75) is 13.8 Å². The number of aryl methyl sites for hydroxylation is 1. The third kappa shape index (κ3) is 3.15. The van der Waals surface area contributed by atoms with Crippen LogP contribution in [0, 0.1) is 6.92 Å². The molecule has 1 aromatic heterocycles. The Balaban J connectivity index is 2.67. The summed E-state index contributed by atoms with van der Waals surface area (Å²) < 4.78 is 52.0. The monoisotopic (exact) mass is 329 g/mol. The van der Waals surface area contributed by atoms with Gasteiger partial charge in [-0.05, 0) is 19.9 Å². The summed E-state index contributed by atoms with van der Waals surface area (Å²) in [6.45, 7) is 3.38. The number of esters is 1. The molecule has 0 fully saturated rings. The van der Waals surface area contributed by atoms with Gasteiger partial charge in [0, 0.05) is 11.5 Å². The number of carbonyl (C=O) groups is 1. The van der Waals surface area contributed by atoms with E-state index in [1.54, 1.807) is 13.8 Å². The summed E-state index contributed by atoms with van der Waals surface area (Å²) in [5.74, 6) is -0.690. The van der Waals surface area contributed by atoms with Crippen molar-refractivity contribution in [3.8, 4) is 11.5 Å². The molecule has 1 heterocycles. The van der Waals surface area contributed by atoms with E-state index < -0.39 is 16.4 Å². The van der Waals surface area contributed by atoms with Crippen molar-refractivity contribution < 1.29 is 35.8 Å². The van der Waals surface area contributed by atoms with Gasteiger partial charge in [0.1, 0.15) is 16.9 Å². The largest absolute Gasteiger partial charge is 0.716 e. The molecule has 0 aliphatic heterocycles. The van der Waals surface area contributed by atoms with E-state index in [1.807, 2.05) is 0 Å². The van der Waals surface area contributed by atoms with Crippen LogP contribution in [0.25, 0.3) is 11.0 Å². The number of rotatable bonds is 5. The van der Waals surface area contributed by atoms with Gasteiger partial charge in [-0.2, -0.15) is 0 Å². The van der Waals surface area contributed by atoms with Gasteiger partial charge in [-0.3, -0.25) is 0 Å². The van der Waals surface area contributed by atoms with Crippen LogP contribution in [0.2, 0.25) is 0 Å². The van der Waals surface area contributed by atoms with Crippen LogP contribution >= 0.6 is 0 Å². The molecular formula is C13H13O8S-. The van der Waals surface area contributed by atoms with Gasteiger partial charge in [0.05, 0.1) is 13.7 Å². The zero-order valence-corrected chi connectivity index (χ0v) is 12.9. The topological polar surface area (TPSA) is 115 Å². The standard InChI is InChI=1S/C13H14O8S/c1-4-19-13(14)12-7(2)20-9-6-10(18-3)11(5-8(9)12)21-22(15,16)17/h5-6H,4H2,1-3H3,(H,15,16,17)/p-1. The van der Waals surface area contributed by atoms with Crippen LogP contribution in [0.4, 0.5) is 0 Å². The number of hydrogen-bond acceptors (Lipinski definition) is 8. The SMILES string of the molecule is CCOC(=O)c1c(C)oc2cc(OC)c(OS(=O)(=O)[O-])cc12. The third-order valence-corrected chi connectivity index (χ3v) is 3.21. The first-order chi connectivity index (χ1) is 10.3. The van der Waals surface area contributed by atoms with E-state index in [0.717, 1.165) is 0 Å². The van der Waals surface area contributed by atoms with Crippen molar-refractivity contribution >= 4 is 27.3 Å². The Labute approximate surface area is 126 Å². The number of ether oxygens (including phenoxy) is 2. The molecule has 0 unspecified atom stereocenters. The highest BCUT2D eigenvalue weighted by molar-refractivity contribution is 7.81. The maximum absolute atomic E-state index is 12.0. The van der Waals surface area contributed by atoms with E-state index in [9.17, 15) is 17.8 Å². The van der Waals surface area contributed by atoms with E-state index in [4.69, 9.17) is 13.9 Å². The van der Waals surface area contributed by atoms with Crippen LogP contribution in [0.1, 0.15) is 23.0 Å². The van der Waals surface area contributed by atoms with Gasteiger partial charge in [-0.1, -0.05) is 0 Å². The lowest BCUT2D eigenvalue weighted by Crippen LogP contribution is -2.08. The fraction of sp³-hybridized carbons (Fsp3) is 0.308. The van der Waals surface area contributed by atoms with E-state index in [0.29, 0.717) is 0 Å². The maximum Gasteiger partial charge on any atom is 0.342 e. The molecule has 120 valence electrons. The summed E-state index contributed by atoms with van der Waals surface area (Å²) in [5.41, 5.74) is 0.403. The highest BCUT2D eigenvalue weighted by Crippen LogP contribution is 2.37. The lowest BCUT2D eigenvalue weighted by molar-refractivity contribution is 0.0526. The van der Waals surface area contributed by atoms with Gasteiger partial charge in [0.2, 0.25) is 0 Å². The molecule has 0 spiro atoms. The number of fused-ring (bicyclic) bond motifs is 1. The molecule has 1 aromatic carbocycles. The Kier molecular flexibility index (Phi) is 4.29. The average molecular weight is 329 g/mol. The quantitative estimate of drug-likeness (QED) is 0.463. The molecule has 0 saturated heterocycles. The number of hydrogen-bond donors (Lipinski definition) is 0. The zero-order valence-electron chi connectivity index (χ0n) is 12.0. The van der Waals surface area contributed by atoms with Gasteiger partial charge in [0.25, 0.3) is 10.4 Å². The van der Waals surface area contributed by atoms with Crippen LogP contribution in [0.15, 0.2) is 16.5 Å². The molecule has 0 atom stereocenters. The van der Waals surface area contributed by atoms with E-state index >= 15 is 0 Å². The molecule has 0 radical (unpaired) electrons. The highest BCUT2D eigenvalue weighted by Gasteiger charge is 2.22. The van der Waals surface area contributed by atoms with Crippen molar-refractivity contribution in [3.63, 3.8) is 0 Å². The first-order valence-corrected chi connectivity index (χ1v) is 7.53. The van der Waals surface area contributed by atoms with E-state index in [-0.39, 0.29) is 40.4 Å². The summed E-state index contributed by atoms with van der Waals surface area (Å²) in [7, 11) is -3.72. The summed E-state index contributed by atoms with van der Waals surface area (Å²) in [6.07, 6.45) is 0. The minimum Gasteiger partial charge on any atom is -0.716 e. The van der Waals surface area contributed by atoms with Gasteiger partial charge < -0.3 is 22.6 Å². The predicted molar refractivity (Wildman–Crippen MR) is 73.8 cm³/mol. The fourth-order valence-electron chi connectivity index (χ4n) is 2.02. The van der Waals surface area contributed by atoms with Crippen molar-refractivity contribution in [1.82, 2.24) is 0 Å². The predicted octanol–water partition coefficient (Wildman–Crippen LogP) is 1.77. The van der Waals surface area contributed by atoms with Crippen molar-refractivity contribution in [2.75, 3.05) is 13.7 Å². The second-order valence-corrected chi connectivity index (χ2v) is 5.23. The first-order valence-electron chi connectivity index (χ1n) is 6.20. The molecule has 0 aliphatic rings. The fourth-order valence-corrected chi connectivity index (χ4v) is 2.37. The van der Waals surface area contributed by atoms with Crippen molar-refractivity contribution in [1.29, 1.82) is 0 Å². The van der Waals surface area contributed by atoms with Crippen LogP contribution in [0.5, 0.6) is 11.5 Å². The van der Waals surface area contributed by atoms with Gasteiger partial charge >= 0.3 is 5.97 Å². The Bertz CT molecular complexity index is 818. The Morgan fingerprint density at radius 1 is 1.32 bits per heavy atom. The normalized spacial score (nSPS) is 11.5. The van der Waals surface area contributed by atoms with Crippen LogP contribution < -0.4 is 8.92 Å². The molecule has 2 rings (SSSR count). The second kappa shape index (κ2) is 5.85. The smallest absolute Gasteiger partial charge is 0.342 e. The van der Waals surface area contributed by atoms with Gasteiger partial charge in [0.15, 0.2) is 11.5 Å². The Hall–Kier alpha value is -2.26. The molecule has 8 nitrogen and oxygen atoms in total. The lowest BCUT2D eigenvalue weighted by Gasteiger charge is -2.12. The minimum atomic E-state index is -4.99. The third-order valence-electron chi connectivity index (χ3n) is 2.82. The molecule has 0 bridgehead atoms. The van der Waals surface area contributed by atoms with Crippen LogP contribution in [-0.2, 0) is 15.1 Å². The lowest BCUT2D eigenvalue weighted by atomic mass is 10.1. The molecule has 0 amide bonds. The Morgan fingerprint density at radius 2 is 2.00 bits per heavy atom.